The third kappa shape index (κ3) is 3.44. The SMILES string of the molecule is Cc1cccc(C(=O)N(C)Cc2ccccc2Br)c1. The molecule has 0 saturated carbocycles. The Morgan fingerprint density at radius 1 is 1.16 bits per heavy atom. The number of hydrogen-bond donors (Lipinski definition) is 0. The maximum Gasteiger partial charge on any atom is 0.253 e. The van der Waals surface area contributed by atoms with Crippen molar-refractivity contribution in [2.75, 3.05) is 7.05 Å². The van der Waals surface area contributed by atoms with Gasteiger partial charge in [-0.05, 0) is 30.7 Å². The maximum atomic E-state index is 12.3. The standard InChI is InChI=1S/C16H16BrNO/c1-12-6-5-8-13(10-12)16(19)18(2)11-14-7-3-4-9-15(14)17/h3-10H,11H2,1-2H3. The van der Waals surface area contributed by atoms with E-state index in [2.05, 4.69) is 15.9 Å². The first kappa shape index (κ1) is 13.8. The van der Waals surface area contributed by atoms with Crippen LogP contribution in [0.15, 0.2) is 53.0 Å². The number of nitrogens with zero attached hydrogens (tertiary/aromatic N) is 1. The van der Waals surface area contributed by atoms with E-state index in [0.717, 1.165) is 21.2 Å². The van der Waals surface area contributed by atoms with Gasteiger partial charge in [0.15, 0.2) is 0 Å². The van der Waals surface area contributed by atoms with Crippen molar-refractivity contribution in [3.63, 3.8) is 0 Å². The van der Waals surface area contributed by atoms with Crippen molar-refractivity contribution in [1.29, 1.82) is 0 Å². The minimum atomic E-state index is 0.0412. The second kappa shape index (κ2) is 6.02. The van der Waals surface area contributed by atoms with Crippen molar-refractivity contribution < 1.29 is 4.79 Å². The first-order valence-corrected chi connectivity index (χ1v) is 6.93. The van der Waals surface area contributed by atoms with Crippen LogP contribution >= 0.6 is 15.9 Å². The summed E-state index contributed by atoms with van der Waals surface area (Å²) in [6.45, 7) is 2.58. The number of carbonyl (C=O) groups is 1. The van der Waals surface area contributed by atoms with Gasteiger partial charge in [0.05, 0.1) is 0 Å². The summed E-state index contributed by atoms with van der Waals surface area (Å²) in [4.78, 5) is 14.1. The molecule has 0 unspecified atom stereocenters. The average Bonchev–Trinajstić information content (AvgIpc) is 2.40. The zero-order valence-corrected chi connectivity index (χ0v) is 12.6. The quantitative estimate of drug-likeness (QED) is 0.837. The first-order valence-electron chi connectivity index (χ1n) is 6.13. The van der Waals surface area contributed by atoms with E-state index in [1.165, 1.54) is 0 Å². The molecule has 2 aromatic rings. The van der Waals surface area contributed by atoms with Crippen LogP contribution in [0.1, 0.15) is 21.5 Å². The van der Waals surface area contributed by atoms with Gasteiger partial charge in [-0.15, -0.1) is 0 Å². The highest BCUT2D eigenvalue weighted by Crippen LogP contribution is 2.18. The molecule has 2 aromatic carbocycles. The number of aryl methyl sites for hydroxylation is 1. The van der Waals surface area contributed by atoms with Gasteiger partial charge in [-0.25, -0.2) is 0 Å². The summed E-state index contributed by atoms with van der Waals surface area (Å²) in [5.41, 5.74) is 2.93. The predicted octanol–water partition coefficient (Wildman–Crippen LogP) is 4.03. The maximum absolute atomic E-state index is 12.3. The monoisotopic (exact) mass is 317 g/mol. The van der Waals surface area contributed by atoms with Crippen LogP contribution in [0, 0.1) is 6.92 Å². The Morgan fingerprint density at radius 2 is 1.89 bits per heavy atom. The average molecular weight is 318 g/mol. The Labute approximate surface area is 122 Å². The Morgan fingerprint density at radius 3 is 2.58 bits per heavy atom. The molecule has 3 heteroatoms. The smallest absolute Gasteiger partial charge is 0.253 e. The molecule has 2 nitrogen and oxygen atoms in total. The molecule has 0 N–H and O–H groups in total. The van der Waals surface area contributed by atoms with E-state index in [-0.39, 0.29) is 5.91 Å². The molecular weight excluding hydrogens is 302 g/mol. The van der Waals surface area contributed by atoms with Gasteiger partial charge >= 0.3 is 0 Å². The van der Waals surface area contributed by atoms with Crippen LogP contribution in [0.25, 0.3) is 0 Å². The summed E-state index contributed by atoms with van der Waals surface area (Å²) in [5.74, 6) is 0.0412. The summed E-state index contributed by atoms with van der Waals surface area (Å²) >= 11 is 3.50. The molecule has 0 heterocycles. The number of halogens is 1. The number of benzene rings is 2. The zero-order chi connectivity index (χ0) is 13.8. The Kier molecular flexibility index (Phi) is 4.38. The molecule has 1 amide bonds. The Balaban J connectivity index is 2.14. The van der Waals surface area contributed by atoms with E-state index in [1.54, 1.807) is 4.90 Å². The van der Waals surface area contributed by atoms with E-state index >= 15 is 0 Å². The van der Waals surface area contributed by atoms with Gasteiger partial charge < -0.3 is 4.90 Å². The molecule has 0 fully saturated rings. The van der Waals surface area contributed by atoms with E-state index in [9.17, 15) is 4.79 Å². The minimum Gasteiger partial charge on any atom is -0.337 e. The van der Waals surface area contributed by atoms with Crippen LogP contribution in [0.2, 0.25) is 0 Å². The fraction of sp³-hybridized carbons (Fsp3) is 0.188. The summed E-state index contributed by atoms with van der Waals surface area (Å²) in [6, 6.07) is 15.6. The lowest BCUT2D eigenvalue weighted by atomic mass is 10.1. The van der Waals surface area contributed by atoms with Crippen LogP contribution in [-0.2, 0) is 6.54 Å². The summed E-state index contributed by atoms with van der Waals surface area (Å²) in [7, 11) is 1.82. The van der Waals surface area contributed by atoms with Crippen LogP contribution in [-0.4, -0.2) is 17.9 Å². The lowest BCUT2D eigenvalue weighted by Gasteiger charge is -2.18. The molecule has 0 aliphatic rings. The van der Waals surface area contributed by atoms with Gasteiger partial charge in [-0.1, -0.05) is 51.8 Å². The Bertz CT molecular complexity index is 595. The van der Waals surface area contributed by atoms with Crippen molar-refractivity contribution >= 4 is 21.8 Å². The topological polar surface area (TPSA) is 20.3 Å². The van der Waals surface area contributed by atoms with Crippen molar-refractivity contribution in [2.45, 2.75) is 13.5 Å². The molecule has 98 valence electrons. The third-order valence-corrected chi connectivity index (χ3v) is 3.75. The van der Waals surface area contributed by atoms with Gasteiger partial charge in [-0.3, -0.25) is 4.79 Å². The largest absolute Gasteiger partial charge is 0.337 e. The summed E-state index contributed by atoms with van der Waals surface area (Å²) in [5, 5.41) is 0. The fourth-order valence-corrected chi connectivity index (χ4v) is 2.36. The van der Waals surface area contributed by atoms with Crippen LogP contribution in [0.3, 0.4) is 0 Å². The van der Waals surface area contributed by atoms with Crippen LogP contribution < -0.4 is 0 Å². The molecule has 0 aliphatic carbocycles. The number of amides is 1. The lowest BCUT2D eigenvalue weighted by Crippen LogP contribution is -2.26. The van der Waals surface area contributed by atoms with Gasteiger partial charge in [0.2, 0.25) is 0 Å². The number of hydrogen-bond acceptors (Lipinski definition) is 1. The summed E-state index contributed by atoms with van der Waals surface area (Å²) < 4.78 is 1.03. The number of rotatable bonds is 3. The molecule has 0 saturated heterocycles. The highest BCUT2D eigenvalue weighted by atomic mass is 79.9. The van der Waals surface area contributed by atoms with E-state index in [1.807, 2.05) is 62.5 Å². The van der Waals surface area contributed by atoms with Crippen molar-refractivity contribution in [3.05, 3.63) is 69.7 Å². The normalized spacial score (nSPS) is 10.3. The van der Waals surface area contributed by atoms with Crippen molar-refractivity contribution in [1.82, 2.24) is 4.90 Å². The molecule has 0 bridgehead atoms. The lowest BCUT2D eigenvalue weighted by molar-refractivity contribution is 0.0785. The van der Waals surface area contributed by atoms with E-state index < -0.39 is 0 Å². The zero-order valence-electron chi connectivity index (χ0n) is 11.1. The van der Waals surface area contributed by atoms with Gasteiger partial charge in [0.1, 0.15) is 0 Å². The van der Waals surface area contributed by atoms with E-state index in [4.69, 9.17) is 0 Å². The summed E-state index contributed by atoms with van der Waals surface area (Å²) in [6.07, 6.45) is 0. The molecule has 19 heavy (non-hydrogen) atoms. The van der Waals surface area contributed by atoms with Crippen LogP contribution in [0.4, 0.5) is 0 Å². The highest BCUT2D eigenvalue weighted by Gasteiger charge is 2.12. The van der Waals surface area contributed by atoms with Crippen molar-refractivity contribution in [2.24, 2.45) is 0 Å². The predicted molar refractivity (Wildman–Crippen MR) is 81.1 cm³/mol. The molecule has 0 atom stereocenters. The van der Waals surface area contributed by atoms with Crippen molar-refractivity contribution in [3.8, 4) is 0 Å². The molecule has 2 rings (SSSR count). The molecule has 0 aromatic heterocycles. The molecule has 0 aliphatic heterocycles. The molecule has 0 spiro atoms. The minimum absolute atomic E-state index is 0.0412. The van der Waals surface area contributed by atoms with E-state index in [0.29, 0.717) is 6.54 Å². The second-order valence-corrected chi connectivity index (χ2v) is 5.48. The van der Waals surface area contributed by atoms with Crippen LogP contribution in [0.5, 0.6) is 0 Å². The fourth-order valence-electron chi connectivity index (χ4n) is 1.95. The van der Waals surface area contributed by atoms with Gasteiger partial charge in [-0.2, -0.15) is 0 Å². The second-order valence-electron chi connectivity index (χ2n) is 4.62. The first-order chi connectivity index (χ1) is 9.08. The number of carbonyl (C=O) groups excluding carboxylic acids is 1. The Hall–Kier alpha value is -1.61. The third-order valence-electron chi connectivity index (χ3n) is 2.98. The molecular formula is C16H16BrNO. The van der Waals surface area contributed by atoms with Gasteiger partial charge in [0, 0.05) is 23.6 Å². The van der Waals surface area contributed by atoms with Gasteiger partial charge in [0.25, 0.3) is 5.91 Å². The highest BCUT2D eigenvalue weighted by molar-refractivity contribution is 9.10. The molecule has 0 radical (unpaired) electrons.